The number of methoxy groups -OCH3 is 1. The predicted molar refractivity (Wildman–Crippen MR) is 164 cm³/mol. The zero-order valence-corrected chi connectivity index (χ0v) is 27.7. The molecule has 0 aliphatic carbocycles. The highest BCUT2D eigenvalue weighted by molar-refractivity contribution is 5.96. The first-order valence-electron chi connectivity index (χ1n) is 14.8. The number of terminal acetylenes is 2. The molecule has 4 amide bonds. The summed E-state index contributed by atoms with van der Waals surface area (Å²) in [4.78, 5) is 75.5. The number of nitrogens with one attached hydrogen (secondary N) is 4. The minimum atomic E-state index is -1.97. The zero-order chi connectivity index (χ0) is 36.1. The third-order valence-corrected chi connectivity index (χ3v) is 6.27. The van der Waals surface area contributed by atoms with E-state index in [0.717, 1.165) is 7.11 Å². The van der Waals surface area contributed by atoms with E-state index in [1.807, 2.05) is 0 Å². The molecule has 6 N–H and O–H groups in total. The van der Waals surface area contributed by atoms with Crippen molar-refractivity contribution >= 4 is 35.6 Å². The summed E-state index contributed by atoms with van der Waals surface area (Å²) in [6.45, 7) is 9.78. The average molecular weight is 667 g/mol. The monoisotopic (exact) mass is 666 g/mol. The molecule has 16 heteroatoms. The fourth-order valence-corrected chi connectivity index (χ4v) is 4.26. The van der Waals surface area contributed by atoms with E-state index in [-0.39, 0.29) is 32.2 Å². The fraction of sp³-hybridized carbons (Fsp3) is 0.677. The van der Waals surface area contributed by atoms with Crippen LogP contribution in [0.4, 0.5) is 0 Å². The van der Waals surface area contributed by atoms with E-state index in [1.54, 1.807) is 47.5 Å². The van der Waals surface area contributed by atoms with Crippen LogP contribution in [-0.2, 0) is 47.7 Å². The largest absolute Gasteiger partial charge is 0.460 e. The van der Waals surface area contributed by atoms with Crippen LogP contribution in [0.5, 0.6) is 0 Å². The van der Waals surface area contributed by atoms with Gasteiger partial charge in [0.15, 0.2) is 12.4 Å². The molecule has 0 bridgehead atoms. The topological polar surface area (TPSA) is 228 Å². The Morgan fingerprint density at radius 1 is 0.830 bits per heavy atom. The Morgan fingerprint density at radius 3 is 1.79 bits per heavy atom. The Bertz CT molecular complexity index is 1220. The molecule has 1 rings (SSSR count). The lowest BCUT2D eigenvalue weighted by Gasteiger charge is -2.42. The molecule has 16 nitrogen and oxygen atoms in total. The molecule has 0 aromatic rings. The Balaban J connectivity index is 3.08. The van der Waals surface area contributed by atoms with E-state index in [0.29, 0.717) is 0 Å². The number of hydrogen-bond donors (Lipinski definition) is 6. The summed E-state index contributed by atoms with van der Waals surface area (Å²) in [5, 5.41) is 31.2. The lowest BCUT2D eigenvalue weighted by Crippen LogP contribution is -2.68. The zero-order valence-electron chi connectivity index (χ0n) is 27.7. The highest BCUT2D eigenvalue weighted by Gasteiger charge is 2.49. The standard InChI is InChI=1S/C31H46N4O12/c1-10-16-32-26(41)17(12-14-20(37)46-30(3,4)5)34-28(43)25-24(40)23(39)22(29(44-9)45-25)35-27(42)18(33-19(36)11-2)13-15-21(38)47-31(6,7)8/h1-2,17-18,22-25,29,39-40H,12-16H2,3-9H3,(H,32,41)(H,33,36)(H,34,43)(H,35,42)/t17-,18-,22+,23+,24-,25-,29+/m0/s1. The summed E-state index contributed by atoms with van der Waals surface area (Å²) in [5.74, 6) is -0.927. The molecule has 7 atom stereocenters. The number of ether oxygens (including phenoxy) is 4. The van der Waals surface area contributed by atoms with E-state index in [9.17, 15) is 39.0 Å². The number of carbonyl (C=O) groups is 6. The van der Waals surface area contributed by atoms with Crippen LogP contribution < -0.4 is 21.3 Å². The first-order chi connectivity index (χ1) is 21.7. The highest BCUT2D eigenvalue weighted by atomic mass is 16.7. The van der Waals surface area contributed by atoms with Crippen LogP contribution in [0, 0.1) is 24.7 Å². The number of amides is 4. The van der Waals surface area contributed by atoms with E-state index in [2.05, 4.69) is 27.2 Å². The van der Waals surface area contributed by atoms with Crippen LogP contribution in [0.15, 0.2) is 0 Å². The Kier molecular flexibility index (Phi) is 15.8. The fourth-order valence-electron chi connectivity index (χ4n) is 4.26. The predicted octanol–water partition coefficient (Wildman–Crippen LogP) is -1.84. The van der Waals surface area contributed by atoms with Crippen molar-refractivity contribution in [3.05, 3.63) is 0 Å². The molecule has 0 aromatic heterocycles. The number of aliphatic hydroxyl groups is 2. The van der Waals surface area contributed by atoms with Crippen molar-refractivity contribution in [3.63, 3.8) is 0 Å². The Morgan fingerprint density at radius 2 is 1.34 bits per heavy atom. The second-order valence-electron chi connectivity index (χ2n) is 12.6. The highest BCUT2D eigenvalue weighted by Crippen LogP contribution is 2.23. The van der Waals surface area contributed by atoms with Crippen LogP contribution in [-0.4, -0.2) is 113 Å². The van der Waals surface area contributed by atoms with Gasteiger partial charge in [0.05, 0.1) is 6.54 Å². The number of carbonyl (C=O) groups excluding carboxylic acids is 6. The van der Waals surface area contributed by atoms with Gasteiger partial charge in [-0.05, 0) is 60.3 Å². The van der Waals surface area contributed by atoms with Crippen molar-refractivity contribution in [2.24, 2.45) is 0 Å². The van der Waals surface area contributed by atoms with Crippen LogP contribution in [0.1, 0.15) is 67.2 Å². The van der Waals surface area contributed by atoms with E-state index < -0.39 is 89.5 Å². The van der Waals surface area contributed by atoms with Crippen molar-refractivity contribution in [3.8, 4) is 24.7 Å². The molecule has 1 aliphatic heterocycles. The van der Waals surface area contributed by atoms with Crippen molar-refractivity contribution in [1.82, 2.24) is 21.3 Å². The number of hydrogen-bond acceptors (Lipinski definition) is 12. The quantitative estimate of drug-likeness (QED) is 0.0888. The number of rotatable bonds is 14. The molecule has 1 heterocycles. The molecule has 47 heavy (non-hydrogen) atoms. The molecule has 0 aromatic carbocycles. The maximum absolute atomic E-state index is 13.2. The van der Waals surface area contributed by atoms with Crippen molar-refractivity contribution in [1.29, 1.82) is 0 Å². The van der Waals surface area contributed by atoms with Crippen molar-refractivity contribution < 1.29 is 57.9 Å². The van der Waals surface area contributed by atoms with Gasteiger partial charge in [0.2, 0.25) is 11.8 Å². The summed E-state index contributed by atoms with van der Waals surface area (Å²) in [7, 11) is 1.14. The van der Waals surface area contributed by atoms with Crippen LogP contribution >= 0.6 is 0 Å². The van der Waals surface area contributed by atoms with Gasteiger partial charge in [-0.2, -0.15) is 0 Å². The summed E-state index contributed by atoms with van der Waals surface area (Å²) in [6.07, 6.45) is 2.14. The smallest absolute Gasteiger partial charge is 0.306 e. The summed E-state index contributed by atoms with van der Waals surface area (Å²) < 4.78 is 21.3. The molecule has 0 radical (unpaired) electrons. The van der Waals surface area contributed by atoms with Gasteiger partial charge in [0, 0.05) is 20.0 Å². The molecule has 1 fully saturated rings. The van der Waals surface area contributed by atoms with Gasteiger partial charge in [-0.15, -0.1) is 12.8 Å². The van der Waals surface area contributed by atoms with E-state index in [1.165, 1.54) is 0 Å². The van der Waals surface area contributed by atoms with E-state index >= 15 is 0 Å². The lowest BCUT2D eigenvalue weighted by atomic mass is 9.95. The number of esters is 2. The Labute approximate surface area is 274 Å². The second kappa shape index (κ2) is 18.2. The first-order valence-corrected chi connectivity index (χ1v) is 14.8. The van der Waals surface area contributed by atoms with Gasteiger partial charge in [0.1, 0.15) is 41.5 Å². The van der Waals surface area contributed by atoms with Gasteiger partial charge in [-0.1, -0.05) is 5.92 Å². The van der Waals surface area contributed by atoms with Crippen molar-refractivity contribution in [2.75, 3.05) is 13.7 Å². The van der Waals surface area contributed by atoms with Gasteiger partial charge in [-0.3, -0.25) is 28.8 Å². The minimum absolute atomic E-state index is 0.174. The molecule has 0 unspecified atom stereocenters. The SMILES string of the molecule is C#CCNC(=O)[C@H](CCC(=O)OC(C)(C)C)NC(=O)[C@H]1O[C@@H](OC)[C@H](NC(=O)[C@H](CCC(=O)OC(C)(C)C)NC(=O)C#C)[C@@H](O)[C@@H]1O. The maximum atomic E-state index is 13.2. The van der Waals surface area contributed by atoms with E-state index in [4.69, 9.17) is 31.8 Å². The molecule has 1 aliphatic rings. The maximum Gasteiger partial charge on any atom is 0.306 e. The van der Waals surface area contributed by atoms with Crippen LogP contribution in [0.25, 0.3) is 0 Å². The summed E-state index contributed by atoms with van der Waals surface area (Å²) in [5.41, 5.74) is -1.58. The molecule has 0 saturated carbocycles. The average Bonchev–Trinajstić information content (AvgIpc) is 2.96. The minimum Gasteiger partial charge on any atom is -0.460 e. The molecular formula is C31H46N4O12. The molecular weight excluding hydrogens is 620 g/mol. The van der Waals surface area contributed by atoms with Gasteiger partial charge in [0.25, 0.3) is 11.8 Å². The molecule has 0 spiro atoms. The third-order valence-electron chi connectivity index (χ3n) is 6.27. The first kappa shape index (κ1) is 40.8. The lowest BCUT2D eigenvalue weighted by molar-refractivity contribution is -0.252. The molecule has 262 valence electrons. The van der Waals surface area contributed by atoms with Crippen molar-refractivity contribution in [2.45, 2.75) is 121 Å². The van der Waals surface area contributed by atoms with Crippen LogP contribution in [0.3, 0.4) is 0 Å². The third kappa shape index (κ3) is 14.4. The second-order valence-corrected chi connectivity index (χ2v) is 12.6. The molecule has 1 saturated heterocycles. The summed E-state index contributed by atoms with van der Waals surface area (Å²) in [6, 6.07) is -4.18. The Hall–Kier alpha value is -4.22. The number of aliphatic hydroxyl groups excluding tert-OH is 2. The van der Waals surface area contributed by atoms with Gasteiger partial charge < -0.3 is 50.4 Å². The van der Waals surface area contributed by atoms with Gasteiger partial charge in [-0.25, -0.2) is 0 Å². The van der Waals surface area contributed by atoms with Crippen LogP contribution in [0.2, 0.25) is 0 Å². The summed E-state index contributed by atoms with van der Waals surface area (Å²) >= 11 is 0. The normalized spacial score (nSPS) is 22.2. The van der Waals surface area contributed by atoms with Gasteiger partial charge >= 0.3 is 11.9 Å².